The fraction of sp³-hybridized carbons (Fsp3) is 0.754. The Balaban J connectivity index is 1.95. The van der Waals surface area contributed by atoms with Crippen LogP contribution in [0.5, 0.6) is 0 Å². The molecule has 0 aromatic heterocycles. The molecule has 5 heterocycles. The zero-order valence-electron chi connectivity index (χ0n) is 64.4. The summed E-state index contributed by atoms with van der Waals surface area (Å²) >= 11 is 0. The second-order valence-corrected chi connectivity index (χ2v) is 27.2. The minimum absolute atomic E-state index is 0.454. The van der Waals surface area contributed by atoms with Crippen molar-refractivity contribution < 1.29 is 196 Å². The minimum atomic E-state index is -2.42. The first-order chi connectivity index (χ1) is 51.7. The van der Waals surface area contributed by atoms with E-state index in [4.69, 9.17) is 109 Å². The number of rotatable bonds is 33. The van der Waals surface area contributed by atoms with Gasteiger partial charge in [-0.25, -0.2) is 0 Å². The van der Waals surface area contributed by atoms with Gasteiger partial charge >= 0.3 is 83.6 Å². The summed E-state index contributed by atoms with van der Waals surface area (Å²) < 4.78 is 139. The molecule has 5 aliphatic rings. The van der Waals surface area contributed by atoms with E-state index in [0.717, 1.165) is 96.9 Å². The molecule has 2 N–H and O–H groups in total. The highest BCUT2D eigenvalue weighted by Crippen LogP contribution is 2.42. The van der Waals surface area contributed by atoms with Crippen molar-refractivity contribution >= 4 is 101 Å². The van der Waals surface area contributed by atoms with Crippen LogP contribution in [0.1, 0.15) is 150 Å². The van der Waals surface area contributed by atoms with Gasteiger partial charge in [-0.3, -0.25) is 71.9 Å². The van der Waals surface area contributed by atoms with Gasteiger partial charge in [-0.15, -0.1) is 0 Å². The van der Waals surface area contributed by atoms with Crippen molar-refractivity contribution in [1.29, 1.82) is 0 Å². The molecule has 0 radical (unpaired) electrons. The van der Waals surface area contributed by atoms with E-state index in [-0.39, 0.29) is 0 Å². The fourth-order valence-corrected chi connectivity index (χ4v) is 11.9. The van der Waals surface area contributed by atoms with Gasteiger partial charge in [0.2, 0.25) is 5.91 Å². The number of hydrogen-bond donors (Lipinski definition) is 2. The van der Waals surface area contributed by atoms with Gasteiger partial charge in [0.1, 0.15) is 92.9 Å². The second-order valence-electron chi connectivity index (χ2n) is 27.2. The van der Waals surface area contributed by atoms with Crippen molar-refractivity contribution in [2.75, 3.05) is 26.4 Å². The molecular weight excluding hydrogens is 1500 g/mol. The van der Waals surface area contributed by atoms with Crippen molar-refractivity contribution in [3.8, 4) is 0 Å². The van der Waals surface area contributed by atoms with Gasteiger partial charge in [-0.1, -0.05) is 0 Å². The molecule has 42 nitrogen and oxygen atoms in total. The minimum Gasteiger partial charge on any atom is -0.463 e. The molecule has 0 unspecified atom stereocenters. The van der Waals surface area contributed by atoms with Crippen LogP contribution in [0.25, 0.3) is 0 Å². The quantitative estimate of drug-likeness (QED) is 0.0585. The highest BCUT2D eigenvalue weighted by molar-refractivity contribution is 5.82. The number of aliphatic hydroxyl groups excluding tert-OH is 1. The molecule has 1 amide bonds. The van der Waals surface area contributed by atoms with Gasteiger partial charge in [-0.2, -0.15) is 0 Å². The predicted octanol–water partition coefficient (Wildman–Crippen LogP) is -1.04. The van der Waals surface area contributed by atoms with Crippen molar-refractivity contribution in [1.82, 2.24) is 5.32 Å². The summed E-state index contributed by atoms with van der Waals surface area (Å²) in [6.45, 7) is 15.0. The summed E-state index contributed by atoms with van der Waals surface area (Å²) in [6, 6.07) is -2.22. The first-order valence-electron chi connectivity index (χ1n) is 34.9. The lowest BCUT2D eigenvalue weighted by atomic mass is 9.93. The Morgan fingerprint density at radius 1 is 0.306 bits per heavy atom. The molecule has 5 aliphatic heterocycles. The normalized spacial score (nSPS) is 31.8. The van der Waals surface area contributed by atoms with Crippen LogP contribution in [0.2, 0.25) is 0 Å². The standard InChI is InChI=1S/C69H97NO41/c1-27(71)19-21-46(85)105-57-51(95-36(10)79)44(25-91-33(7)76)104-67(62(57)106-47(86)22-20-28(2)72)107-50-43(24-90-32(6)75)102-64(48(70-30(4)73)54(50)109-65-60(99-40(14)83)55(97-38(12)81)49(29(3)93-65)94-35(9)78)110-58-52(96-37(11)80)45(26-92-34(8)77)103-66(61(58)100-41(15)84)108-53-42(23-89-31(5)74)101-63(87)59(56(53)98-39(13)82)111-68(88)69(16,17)18/h29,42-45,48-67,87H,19-26H2,1-18H3,(H,70,73)/t29-,42+,43+,44+,45+,48+,49+,50+,51-,52-,53+,54+,55+,56-,57-,58-,59+,60-,61+,62+,63-,64-,65-,66-,67-/m0/s1. The number of nitrogens with one attached hydrogen (secondary N) is 1. The Bertz CT molecular complexity index is 3370. The van der Waals surface area contributed by atoms with Gasteiger partial charge in [-0.05, 0) is 41.5 Å². The van der Waals surface area contributed by atoms with Gasteiger partial charge < -0.3 is 129 Å². The Morgan fingerprint density at radius 2 is 0.604 bits per heavy atom. The third-order valence-corrected chi connectivity index (χ3v) is 16.4. The molecule has 111 heavy (non-hydrogen) atoms. The van der Waals surface area contributed by atoms with Gasteiger partial charge in [0.15, 0.2) is 92.5 Å². The lowest BCUT2D eigenvalue weighted by Crippen LogP contribution is -2.72. The molecular formula is C69H97NO41. The largest absolute Gasteiger partial charge is 0.463 e. The second kappa shape index (κ2) is 42.0. The van der Waals surface area contributed by atoms with Crippen molar-refractivity contribution in [3.63, 3.8) is 0 Å². The number of carbonyl (C=O) groups excluding carboxylic acids is 17. The van der Waals surface area contributed by atoms with E-state index in [9.17, 15) is 86.6 Å². The third kappa shape index (κ3) is 28.3. The highest BCUT2D eigenvalue weighted by Gasteiger charge is 2.63. The average molecular weight is 1600 g/mol. The Labute approximate surface area is 635 Å². The van der Waals surface area contributed by atoms with Crippen LogP contribution in [0.4, 0.5) is 0 Å². The van der Waals surface area contributed by atoms with Crippen LogP contribution in [0.3, 0.4) is 0 Å². The van der Waals surface area contributed by atoms with Crippen molar-refractivity contribution in [2.24, 2.45) is 5.41 Å². The Kier molecular flexibility index (Phi) is 35.1. The molecule has 0 spiro atoms. The molecule has 5 rings (SSSR count). The monoisotopic (exact) mass is 1600 g/mol. The van der Waals surface area contributed by atoms with E-state index >= 15 is 0 Å². The fourth-order valence-electron chi connectivity index (χ4n) is 11.9. The van der Waals surface area contributed by atoms with Gasteiger partial charge in [0.05, 0.1) is 24.4 Å². The molecule has 5 fully saturated rings. The number of carbonyl (C=O) groups is 17. The molecule has 42 heteroatoms. The summed E-state index contributed by atoms with van der Waals surface area (Å²) in [6.07, 6.45) is -52.7. The average Bonchev–Trinajstić information content (AvgIpc) is 0.750. The van der Waals surface area contributed by atoms with Crippen LogP contribution in [-0.2, 0) is 190 Å². The summed E-state index contributed by atoms with van der Waals surface area (Å²) in [5.74, 6) is -17.6. The lowest BCUT2D eigenvalue weighted by molar-refractivity contribution is -0.391. The number of Topliss-reactive ketones (excluding diaryl/α,β-unsaturated/α-hetero) is 2. The number of ether oxygens (including phenoxy) is 23. The molecule has 0 aliphatic carbocycles. The van der Waals surface area contributed by atoms with E-state index in [1.54, 1.807) is 0 Å². The maximum absolute atomic E-state index is 14.3. The molecule has 0 aromatic rings. The summed E-state index contributed by atoms with van der Waals surface area (Å²) in [7, 11) is 0. The number of aliphatic hydroxyl groups is 1. The van der Waals surface area contributed by atoms with Gasteiger partial charge in [0, 0.05) is 95.9 Å². The van der Waals surface area contributed by atoms with Crippen LogP contribution in [-0.4, -0.2) is 286 Å². The zero-order chi connectivity index (χ0) is 83.4. The highest BCUT2D eigenvalue weighted by atomic mass is 16.8. The molecule has 0 saturated carbocycles. The smallest absolute Gasteiger partial charge is 0.311 e. The van der Waals surface area contributed by atoms with E-state index in [1.807, 2.05) is 0 Å². The molecule has 25 atom stereocenters. The first-order valence-corrected chi connectivity index (χ1v) is 34.9. The molecule has 0 aromatic carbocycles. The van der Waals surface area contributed by atoms with Crippen LogP contribution >= 0.6 is 0 Å². The maximum atomic E-state index is 14.3. The lowest BCUT2D eigenvalue weighted by Gasteiger charge is -2.52. The van der Waals surface area contributed by atoms with Gasteiger partial charge in [0.25, 0.3) is 0 Å². The number of amides is 1. The van der Waals surface area contributed by atoms with Crippen molar-refractivity contribution in [3.05, 3.63) is 0 Å². The van der Waals surface area contributed by atoms with Crippen LogP contribution in [0.15, 0.2) is 0 Å². The summed E-state index contributed by atoms with van der Waals surface area (Å²) in [5, 5.41) is 14.1. The van der Waals surface area contributed by atoms with Crippen LogP contribution < -0.4 is 5.32 Å². The third-order valence-electron chi connectivity index (χ3n) is 16.4. The Morgan fingerprint density at radius 3 is 1.00 bits per heavy atom. The number of esters is 14. The van der Waals surface area contributed by atoms with E-state index in [1.165, 1.54) is 27.7 Å². The first kappa shape index (κ1) is 92.6. The van der Waals surface area contributed by atoms with E-state index in [2.05, 4.69) is 5.32 Å². The van der Waals surface area contributed by atoms with Crippen LogP contribution in [0, 0.1) is 5.41 Å². The van der Waals surface area contributed by atoms with Crippen molar-refractivity contribution in [2.45, 2.75) is 304 Å². The zero-order valence-corrected chi connectivity index (χ0v) is 64.4. The number of hydrogen-bond acceptors (Lipinski definition) is 41. The van der Waals surface area contributed by atoms with E-state index < -0.39 is 312 Å². The molecule has 5 saturated heterocycles. The molecule has 0 bridgehead atoms. The Hall–Kier alpha value is -9.01. The predicted molar refractivity (Wildman–Crippen MR) is 353 cm³/mol. The topological polar surface area (TPSA) is 535 Å². The molecule has 624 valence electrons. The maximum Gasteiger partial charge on any atom is 0.311 e. The number of ketones is 2. The van der Waals surface area contributed by atoms with E-state index in [0.29, 0.717) is 0 Å². The summed E-state index contributed by atoms with van der Waals surface area (Å²) in [5.41, 5.74) is -1.34. The summed E-state index contributed by atoms with van der Waals surface area (Å²) in [4.78, 5) is 225. The SMILES string of the molecule is CC(=O)CCC(=O)O[C@H]1[C@@H](OC(C)=O)[C@@H](COC(C)=O)O[C@@H](O[C@H]2[C@H](O[C@@H]3O[C@@H](C)[C@@H](OC(C)=O)[C@@H](OC(C)=O)[C@@H]3OC(C)=O)[C@@H](NC(C)=O)[C@H](O[C@H]3[C@@H](OC(C)=O)[C@@H](COC(C)=O)O[C@@H](O[C@H]4[C@H](OC(C)=O)[C@@H](OC(=O)C(C)(C)C)[C@@H](O)O[C@@H]4COC(C)=O)[C@@H]3OC(C)=O)O[C@@H]2COC(C)=O)[C@@H]1OC(=O)CCC(C)=O.